The van der Waals surface area contributed by atoms with Gasteiger partial charge in [0.05, 0.1) is 38.1 Å². The number of thioether (sulfide) groups is 1. The molecule has 0 spiro atoms. The molecule has 0 atom stereocenters. The Hall–Kier alpha value is -4.72. The topological polar surface area (TPSA) is 143 Å². The Morgan fingerprint density at radius 3 is 2.66 bits per heavy atom. The number of carbonyl (C=O) groups excluding carboxylic acids is 1. The first-order chi connectivity index (χ1) is 22.4. The number of phenols is 1. The van der Waals surface area contributed by atoms with E-state index in [1.165, 1.54) is 17.8 Å². The highest BCUT2D eigenvalue weighted by molar-refractivity contribution is 7.99. The Morgan fingerprint density at radius 1 is 1.09 bits per heavy atom. The molecule has 0 aliphatic heterocycles. The molecule has 2 amide bonds. The highest BCUT2D eigenvalue weighted by Crippen LogP contribution is 2.33. The van der Waals surface area contributed by atoms with Crippen LogP contribution in [0.5, 0.6) is 17.2 Å². The van der Waals surface area contributed by atoms with Gasteiger partial charge in [-0.1, -0.05) is 61.9 Å². The van der Waals surface area contributed by atoms with Gasteiger partial charge in [0.1, 0.15) is 23.1 Å². The van der Waals surface area contributed by atoms with Crippen LogP contribution in [0.3, 0.4) is 0 Å². The van der Waals surface area contributed by atoms with Crippen LogP contribution in [0.15, 0.2) is 72.9 Å². The zero-order valence-corrected chi connectivity index (χ0v) is 28.0. The fraction of sp³-hybridized carbons (Fsp3) is 0.212. The molecule has 0 bridgehead atoms. The minimum absolute atomic E-state index is 0.0256. The number of halogens is 1. The number of carbonyl (C=O) groups is 2. The van der Waals surface area contributed by atoms with Gasteiger partial charge in [0.25, 0.3) is 0 Å². The van der Waals surface area contributed by atoms with Crippen LogP contribution < -0.4 is 15.4 Å². The molecule has 242 valence electrons. The summed E-state index contributed by atoms with van der Waals surface area (Å²) in [5, 5.41) is 29.5. The van der Waals surface area contributed by atoms with Crippen LogP contribution in [-0.2, 0) is 22.5 Å². The van der Waals surface area contributed by atoms with Gasteiger partial charge in [-0.05, 0) is 36.4 Å². The smallest absolute Gasteiger partial charge is 0.320 e. The normalized spacial score (nSPS) is 11.7. The van der Waals surface area contributed by atoms with Crippen LogP contribution in [0.2, 0.25) is 5.02 Å². The molecule has 0 saturated carbocycles. The number of amides is 2. The lowest BCUT2D eigenvalue weighted by atomic mass is 9.92. The summed E-state index contributed by atoms with van der Waals surface area (Å²) in [5.41, 5.74) is 3.58. The van der Waals surface area contributed by atoms with E-state index in [1.807, 2.05) is 79.9 Å². The van der Waals surface area contributed by atoms with E-state index in [0.29, 0.717) is 28.8 Å². The maximum Gasteiger partial charge on any atom is 0.320 e. The van der Waals surface area contributed by atoms with Crippen LogP contribution >= 0.6 is 34.7 Å². The minimum Gasteiger partial charge on any atom is -0.506 e. The van der Waals surface area contributed by atoms with Gasteiger partial charge in [0.15, 0.2) is 4.96 Å². The monoisotopic (exact) mass is 690 g/mol. The molecular formula is C33H31ClN6O5S2. The number of carboxylic acids is 1. The molecule has 0 aliphatic rings. The number of nitrogens with one attached hydrogen (secondary N) is 2. The van der Waals surface area contributed by atoms with E-state index < -0.39 is 12.0 Å². The number of ether oxygens (including phenoxy) is 1. The summed E-state index contributed by atoms with van der Waals surface area (Å²) in [6, 6.07) is 19.4. The van der Waals surface area contributed by atoms with Crippen molar-refractivity contribution in [2.45, 2.75) is 38.5 Å². The number of aromatic hydroxyl groups is 1. The third-order valence-electron chi connectivity index (χ3n) is 7.13. The van der Waals surface area contributed by atoms with E-state index in [9.17, 15) is 14.7 Å². The number of phenolic OH excluding ortho intramolecular Hbond substituents is 1. The van der Waals surface area contributed by atoms with Gasteiger partial charge in [-0.3, -0.25) is 14.5 Å². The molecule has 3 aromatic heterocycles. The predicted molar refractivity (Wildman–Crippen MR) is 186 cm³/mol. The number of benzene rings is 3. The number of nitrogens with zero attached hydrogens (tertiary/aromatic N) is 4. The van der Waals surface area contributed by atoms with E-state index >= 15 is 0 Å². The molecular weight excluding hydrogens is 660 g/mol. The number of urea groups is 1. The van der Waals surface area contributed by atoms with Crippen molar-refractivity contribution in [3.63, 3.8) is 0 Å². The maximum absolute atomic E-state index is 13.2. The number of aromatic nitrogens is 4. The largest absolute Gasteiger partial charge is 0.506 e. The van der Waals surface area contributed by atoms with Gasteiger partial charge in [-0.2, -0.15) is 5.10 Å². The number of imidazole rings is 1. The summed E-state index contributed by atoms with van der Waals surface area (Å²) >= 11 is 9.02. The Kier molecular flexibility index (Phi) is 9.04. The first-order valence-corrected chi connectivity index (χ1v) is 16.9. The SMILES string of the molecule is CC(C)(C)c1cc(NC(=O)NCc2ccccc2Oc2ccc3sc4nc(CSCC(=O)O)cn4c3c2)n(-c2ccc(O)c(Cl)c2)n1. The highest BCUT2D eigenvalue weighted by Gasteiger charge is 2.22. The summed E-state index contributed by atoms with van der Waals surface area (Å²) < 4.78 is 10.9. The second-order valence-corrected chi connectivity index (χ2v) is 14.1. The zero-order chi connectivity index (χ0) is 33.3. The van der Waals surface area contributed by atoms with Crippen molar-refractivity contribution in [1.29, 1.82) is 0 Å². The number of rotatable bonds is 10. The first-order valence-electron chi connectivity index (χ1n) is 14.5. The van der Waals surface area contributed by atoms with Crippen LogP contribution in [-0.4, -0.2) is 47.1 Å². The molecule has 11 nitrogen and oxygen atoms in total. The van der Waals surface area contributed by atoms with Gasteiger partial charge in [-0.15, -0.1) is 11.8 Å². The quantitative estimate of drug-likeness (QED) is 0.114. The van der Waals surface area contributed by atoms with Crippen molar-refractivity contribution in [1.82, 2.24) is 24.5 Å². The van der Waals surface area contributed by atoms with E-state index in [-0.39, 0.29) is 28.5 Å². The second-order valence-electron chi connectivity index (χ2n) is 11.7. The molecule has 0 fully saturated rings. The molecule has 3 aromatic carbocycles. The number of carboxylic acid groups (broad SMARTS) is 1. The molecule has 0 radical (unpaired) electrons. The van der Waals surface area contributed by atoms with Crippen molar-refractivity contribution in [2.24, 2.45) is 0 Å². The summed E-state index contributed by atoms with van der Waals surface area (Å²) in [7, 11) is 0. The lowest BCUT2D eigenvalue weighted by Gasteiger charge is -2.14. The number of hydrogen-bond acceptors (Lipinski definition) is 8. The number of para-hydroxylation sites is 1. The number of thiazole rings is 1. The number of hydrogen-bond donors (Lipinski definition) is 4. The number of anilines is 1. The molecule has 4 N–H and O–H groups in total. The lowest BCUT2D eigenvalue weighted by molar-refractivity contribution is -0.133. The predicted octanol–water partition coefficient (Wildman–Crippen LogP) is 7.82. The zero-order valence-electron chi connectivity index (χ0n) is 25.7. The average Bonchev–Trinajstić information content (AvgIpc) is 3.71. The van der Waals surface area contributed by atoms with Crippen molar-refractivity contribution in [3.8, 4) is 22.9 Å². The van der Waals surface area contributed by atoms with E-state index in [1.54, 1.807) is 28.2 Å². The van der Waals surface area contributed by atoms with Gasteiger partial charge in [0, 0.05) is 41.6 Å². The molecule has 0 unspecified atom stereocenters. The molecule has 14 heteroatoms. The van der Waals surface area contributed by atoms with Gasteiger partial charge < -0.3 is 20.3 Å². The molecule has 0 aliphatic carbocycles. The molecule has 6 aromatic rings. The summed E-state index contributed by atoms with van der Waals surface area (Å²) in [6.07, 6.45) is 1.93. The second kappa shape index (κ2) is 13.2. The highest BCUT2D eigenvalue weighted by atomic mass is 35.5. The lowest BCUT2D eigenvalue weighted by Crippen LogP contribution is -2.29. The average molecular weight is 691 g/mol. The third-order valence-corrected chi connectivity index (χ3v) is 9.41. The standard InChI is InChI=1S/C33H31ClN6O5S2/c1-33(2,3)28-14-29(40(38-28)21-8-10-25(41)23(34)12-21)37-31(44)35-15-19-6-4-5-7-26(19)45-22-9-11-27-24(13-22)39-16-20(36-32(39)47-27)17-46-18-30(42)43/h4-14,16,41H,15,17-18H2,1-3H3,(H,42,43)(H2,35,37,44). The van der Waals surface area contributed by atoms with Crippen LogP contribution in [0, 0.1) is 0 Å². The van der Waals surface area contributed by atoms with E-state index in [0.717, 1.165) is 32.1 Å². The molecule has 3 heterocycles. The van der Waals surface area contributed by atoms with Crippen molar-refractivity contribution >= 4 is 67.7 Å². The van der Waals surface area contributed by atoms with Crippen molar-refractivity contribution in [3.05, 3.63) is 94.9 Å². The Labute approximate surface area is 283 Å². The Balaban J connectivity index is 1.17. The van der Waals surface area contributed by atoms with Crippen molar-refractivity contribution in [2.75, 3.05) is 11.1 Å². The Bertz CT molecular complexity index is 2120. The van der Waals surface area contributed by atoms with E-state index in [2.05, 4.69) is 15.6 Å². The van der Waals surface area contributed by atoms with Gasteiger partial charge in [-0.25, -0.2) is 14.5 Å². The Morgan fingerprint density at radius 2 is 1.89 bits per heavy atom. The molecule has 6 rings (SSSR count). The van der Waals surface area contributed by atoms with Crippen LogP contribution in [0.25, 0.3) is 20.9 Å². The third kappa shape index (κ3) is 7.32. The van der Waals surface area contributed by atoms with Crippen molar-refractivity contribution < 1.29 is 24.5 Å². The summed E-state index contributed by atoms with van der Waals surface area (Å²) in [4.78, 5) is 29.5. The number of fused-ring (bicyclic) bond motifs is 3. The fourth-order valence-corrected chi connectivity index (χ4v) is 6.58. The summed E-state index contributed by atoms with van der Waals surface area (Å²) in [5.74, 6) is 1.30. The molecule has 47 heavy (non-hydrogen) atoms. The van der Waals surface area contributed by atoms with Crippen LogP contribution in [0.1, 0.15) is 37.7 Å². The number of aliphatic carboxylic acids is 1. The van der Waals surface area contributed by atoms with Gasteiger partial charge in [0.2, 0.25) is 0 Å². The van der Waals surface area contributed by atoms with Crippen LogP contribution in [0.4, 0.5) is 10.6 Å². The maximum atomic E-state index is 13.2. The fourth-order valence-electron chi connectivity index (χ4n) is 4.77. The van der Waals surface area contributed by atoms with Gasteiger partial charge >= 0.3 is 12.0 Å². The first kappa shape index (κ1) is 32.2. The van der Waals surface area contributed by atoms with E-state index in [4.69, 9.17) is 26.5 Å². The molecule has 0 saturated heterocycles. The minimum atomic E-state index is -0.849. The summed E-state index contributed by atoms with van der Waals surface area (Å²) in [6.45, 7) is 6.27.